The van der Waals surface area contributed by atoms with E-state index in [2.05, 4.69) is 15.0 Å². The summed E-state index contributed by atoms with van der Waals surface area (Å²) in [5, 5.41) is 0. The number of hydrogen-bond donors (Lipinski definition) is 1. The highest BCUT2D eigenvalue weighted by Crippen LogP contribution is 2.28. The third-order valence-electron chi connectivity index (χ3n) is 3.41. The molecule has 0 aliphatic heterocycles. The Bertz CT molecular complexity index is 822. The number of aryl methyl sites for hydroxylation is 1. The second-order valence-electron chi connectivity index (χ2n) is 5.25. The number of halogens is 1. The first-order valence-electron chi connectivity index (χ1n) is 6.74. The van der Waals surface area contributed by atoms with Gasteiger partial charge in [-0.1, -0.05) is 0 Å². The Balaban J connectivity index is 2.29. The van der Waals surface area contributed by atoms with Crippen molar-refractivity contribution in [3.8, 4) is 11.3 Å². The summed E-state index contributed by atoms with van der Waals surface area (Å²) in [5.41, 5.74) is 7.99. The fourth-order valence-electron chi connectivity index (χ4n) is 2.60. The minimum atomic E-state index is -0.359. The third-order valence-corrected chi connectivity index (χ3v) is 3.41. The molecule has 0 amide bonds. The highest BCUT2D eigenvalue weighted by atomic mass is 19.1. The molecule has 2 heterocycles. The molecule has 3 aromatic rings. The first-order chi connectivity index (χ1) is 9.97. The van der Waals surface area contributed by atoms with Gasteiger partial charge in [-0.3, -0.25) is 0 Å². The van der Waals surface area contributed by atoms with Crippen molar-refractivity contribution in [1.29, 1.82) is 0 Å². The van der Waals surface area contributed by atoms with Crippen LogP contribution >= 0.6 is 0 Å². The molecule has 0 aliphatic rings. The zero-order chi connectivity index (χ0) is 15.1. The lowest BCUT2D eigenvalue weighted by Crippen LogP contribution is -2.03. The van der Waals surface area contributed by atoms with E-state index in [1.807, 2.05) is 31.4 Å². The second kappa shape index (κ2) is 4.80. The van der Waals surface area contributed by atoms with Crippen LogP contribution in [0.2, 0.25) is 0 Å². The maximum Gasteiger partial charge on any atom is 0.220 e. The first kappa shape index (κ1) is 13.5. The van der Waals surface area contributed by atoms with E-state index in [9.17, 15) is 4.39 Å². The standard InChI is InChI=1S/C15H16FN5/c1-8(2)21-9(3)19-14-11(16)6-10(7-13(14)21)12-4-5-18-15(17)20-12/h4-8H,1-3H3,(H2,17,18,20). The minimum absolute atomic E-state index is 0.168. The Morgan fingerprint density at radius 3 is 2.67 bits per heavy atom. The van der Waals surface area contributed by atoms with Gasteiger partial charge in [0, 0.05) is 17.8 Å². The van der Waals surface area contributed by atoms with Gasteiger partial charge in [-0.15, -0.1) is 0 Å². The number of anilines is 1. The van der Waals surface area contributed by atoms with Gasteiger partial charge >= 0.3 is 0 Å². The van der Waals surface area contributed by atoms with E-state index < -0.39 is 0 Å². The van der Waals surface area contributed by atoms with Crippen LogP contribution in [0.4, 0.5) is 10.3 Å². The molecule has 6 heteroatoms. The van der Waals surface area contributed by atoms with Crippen molar-refractivity contribution in [3.63, 3.8) is 0 Å². The number of rotatable bonds is 2. The zero-order valence-corrected chi connectivity index (χ0v) is 12.1. The first-order valence-corrected chi connectivity index (χ1v) is 6.74. The Hall–Kier alpha value is -2.50. The second-order valence-corrected chi connectivity index (χ2v) is 5.25. The average molecular weight is 285 g/mol. The summed E-state index contributed by atoms with van der Waals surface area (Å²) < 4.78 is 16.3. The number of imidazole rings is 1. The van der Waals surface area contributed by atoms with Crippen molar-refractivity contribution in [3.05, 3.63) is 36.0 Å². The van der Waals surface area contributed by atoms with Gasteiger partial charge in [0.25, 0.3) is 0 Å². The van der Waals surface area contributed by atoms with Crippen LogP contribution in [0.25, 0.3) is 22.3 Å². The third kappa shape index (κ3) is 2.22. The molecule has 2 N–H and O–H groups in total. The molecule has 108 valence electrons. The van der Waals surface area contributed by atoms with E-state index in [0.717, 1.165) is 11.3 Å². The van der Waals surface area contributed by atoms with Crippen molar-refractivity contribution < 1.29 is 4.39 Å². The maximum atomic E-state index is 14.3. The molecule has 0 radical (unpaired) electrons. The monoisotopic (exact) mass is 285 g/mol. The zero-order valence-electron chi connectivity index (χ0n) is 12.1. The van der Waals surface area contributed by atoms with Crippen LogP contribution in [-0.4, -0.2) is 19.5 Å². The van der Waals surface area contributed by atoms with Crippen LogP contribution in [0, 0.1) is 12.7 Å². The lowest BCUT2D eigenvalue weighted by Gasteiger charge is -2.11. The SMILES string of the molecule is Cc1nc2c(F)cc(-c3ccnc(N)n3)cc2n1C(C)C. The fraction of sp³-hybridized carbons (Fsp3) is 0.267. The van der Waals surface area contributed by atoms with Gasteiger partial charge in [0.05, 0.1) is 11.2 Å². The minimum Gasteiger partial charge on any atom is -0.368 e. The fourth-order valence-corrected chi connectivity index (χ4v) is 2.60. The van der Waals surface area contributed by atoms with Gasteiger partial charge in [-0.25, -0.2) is 19.3 Å². The van der Waals surface area contributed by atoms with Gasteiger partial charge in [0.2, 0.25) is 5.95 Å². The van der Waals surface area contributed by atoms with E-state index in [4.69, 9.17) is 5.73 Å². The van der Waals surface area contributed by atoms with Crippen LogP contribution < -0.4 is 5.73 Å². The lowest BCUT2D eigenvalue weighted by atomic mass is 10.1. The summed E-state index contributed by atoms with van der Waals surface area (Å²) in [4.78, 5) is 12.3. The summed E-state index contributed by atoms with van der Waals surface area (Å²) in [7, 11) is 0. The van der Waals surface area contributed by atoms with Crippen molar-refractivity contribution in [1.82, 2.24) is 19.5 Å². The van der Waals surface area contributed by atoms with Crippen molar-refractivity contribution in [2.45, 2.75) is 26.8 Å². The number of hydrogen-bond acceptors (Lipinski definition) is 4. The molecular formula is C15H16FN5. The van der Waals surface area contributed by atoms with Crippen LogP contribution in [0.1, 0.15) is 25.7 Å². The van der Waals surface area contributed by atoms with Gasteiger partial charge in [-0.2, -0.15) is 0 Å². The molecule has 3 rings (SSSR count). The van der Waals surface area contributed by atoms with Crippen LogP contribution in [0.3, 0.4) is 0 Å². The number of aromatic nitrogens is 4. The topological polar surface area (TPSA) is 69.6 Å². The summed E-state index contributed by atoms with van der Waals surface area (Å²) in [6.07, 6.45) is 1.56. The molecule has 5 nitrogen and oxygen atoms in total. The molecule has 0 aliphatic carbocycles. The smallest absolute Gasteiger partial charge is 0.220 e. The highest BCUT2D eigenvalue weighted by Gasteiger charge is 2.16. The van der Waals surface area contributed by atoms with E-state index >= 15 is 0 Å². The molecule has 0 atom stereocenters. The summed E-state index contributed by atoms with van der Waals surface area (Å²) in [6, 6.07) is 5.22. The maximum absolute atomic E-state index is 14.3. The van der Waals surface area contributed by atoms with Crippen molar-refractivity contribution in [2.24, 2.45) is 0 Å². The van der Waals surface area contributed by atoms with Gasteiger partial charge in [0.1, 0.15) is 11.3 Å². The normalized spacial score (nSPS) is 11.5. The lowest BCUT2D eigenvalue weighted by molar-refractivity contribution is 0.600. The number of benzene rings is 1. The molecule has 2 aromatic heterocycles. The van der Waals surface area contributed by atoms with Crippen LogP contribution in [0.15, 0.2) is 24.4 Å². The number of nitrogens with two attached hydrogens (primary N) is 1. The van der Waals surface area contributed by atoms with E-state index in [1.165, 1.54) is 6.07 Å². The van der Waals surface area contributed by atoms with E-state index in [0.29, 0.717) is 16.8 Å². The van der Waals surface area contributed by atoms with E-state index in [-0.39, 0.29) is 17.8 Å². The Morgan fingerprint density at radius 1 is 1.24 bits per heavy atom. The highest BCUT2D eigenvalue weighted by molar-refractivity contribution is 5.82. The molecule has 0 unspecified atom stereocenters. The summed E-state index contributed by atoms with van der Waals surface area (Å²) in [5.74, 6) is 0.599. The van der Waals surface area contributed by atoms with Crippen LogP contribution in [-0.2, 0) is 0 Å². The number of nitrogens with zero attached hydrogens (tertiary/aromatic N) is 4. The number of nitrogen functional groups attached to an aromatic ring is 1. The average Bonchev–Trinajstić information content (AvgIpc) is 2.75. The van der Waals surface area contributed by atoms with Crippen LogP contribution in [0.5, 0.6) is 0 Å². The quantitative estimate of drug-likeness (QED) is 0.785. The molecule has 0 fully saturated rings. The molecule has 1 aromatic carbocycles. The Labute approximate surface area is 121 Å². The molecular weight excluding hydrogens is 269 g/mol. The predicted octanol–water partition coefficient (Wildman–Crippen LogP) is 3.10. The van der Waals surface area contributed by atoms with Gasteiger partial charge < -0.3 is 10.3 Å². The van der Waals surface area contributed by atoms with Gasteiger partial charge in [-0.05, 0) is 39.0 Å². The molecule has 0 bridgehead atoms. The largest absolute Gasteiger partial charge is 0.368 e. The molecule has 0 saturated heterocycles. The summed E-state index contributed by atoms with van der Waals surface area (Å²) >= 11 is 0. The Morgan fingerprint density at radius 2 is 2.00 bits per heavy atom. The van der Waals surface area contributed by atoms with E-state index in [1.54, 1.807) is 12.3 Å². The predicted molar refractivity (Wildman–Crippen MR) is 80.3 cm³/mol. The summed E-state index contributed by atoms with van der Waals surface area (Å²) in [6.45, 7) is 5.96. The molecule has 0 saturated carbocycles. The van der Waals surface area contributed by atoms with Crippen molar-refractivity contribution >= 4 is 17.0 Å². The molecule has 0 spiro atoms. The van der Waals surface area contributed by atoms with Gasteiger partial charge in [0.15, 0.2) is 5.82 Å². The molecule has 21 heavy (non-hydrogen) atoms. The van der Waals surface area contributed by atoms with Crippen molar-refractivity contribution in [2.75, 3.05) is 5.73 Å². The Kier molecular flexibility index (Phi) is 3.08. The number of fused-ring (bicyclic) bond motifs is 1.